The minimum Gasteiger partial charge on any atom is -0.497 e. The molecule has 2 heterocycles. The lowest BCUT2D eigenvalue weighted by Gasteiger charge is -2.14. The first-order valence-electron chi connectivity index (χ1n) is 9.69. The van der Waals surface area contributed by atoms with E-state index < -0.39 is 11.9 Å². The third-order valence-electron chi connectivity index (χ3n) is 5.13. The number of benzene rings is 1. The molecule has 2 N–H and O–H groups in total. The Balaban J connectivity index is 1.80. The average Bonchev–Trinajstić information content (AvgIpc) is 3.45. The number of methoxy groups -OCH3 is 1. The summed E-state index contributed by atoms with van der Waals surface area (Å²) >= 11 is 0. The highest BCUT2D eigenvalue weighted by atomic mass is 16.5. The maximum absolute atomic E-state index is 13.2. The summed E-state index contributed by atoms with van der Waals surface area (Å²) in [5, 5.41) is 11.8. The molecule has 29 heavy (non-hydrogen) atoms. The Bertz CT molecular complexity index is 1100. The van der Waals surface area contributed by atoms with Gasteiger partial charge in [0.1, 0.15) is 11.4 Å². The zero-order valence-corrected chi connectivity index (χ0v) is 16.5. The second kappa shape index (κ2) is 7.71. The van der Waals surface area contributed by atoms with E-state index in [1.165, 1.54) is 0 Å². The van der Waals surface area contributed by atoms with Crippen molar-refractivity contribution in [2.45, 2.75) is 32.4 Å². The largest absolute Gasteiger partial charge is 0.497 e. The Morgan fingerprint density at radius 2 is 2.03 bits per heavy atom. The smallest absolute Gasteiger partial charge is 0.294 e. The van der Waals surface area contributed by atoms with Crippen molar-refractivity contribution in [1.29, 1.82) is 0 Å². The Morgan fingerprint density at radius 1 is 1.31 bits per heavy atom. The van der Waals surface area contributed by atoms with Crippen molar-refractivity contribution in [3.8, 4) is 17.0 Å². The second-order valence-electron chi connectivity index (χ2n) is 7.52. The minimum atomic E-state index is -0.422. The summed E-state index contributed by atoms with van der Waals surface area (Å²) in [5.74, 6) is 0.815. The van der Waals surface area contributed by atoms with E-state index in [2.05, 4.69) is 10.3 Å². The van der Waals surface area contributed by atoms with E-state index in [-0.39, 0.29) is 23.5 Å². The van der Waals surface area contributed by atoms with Crippen LogP contribution in [-0.4, -0.2) is 44.7 Å². The molecular formula is C21H24N4O4. The van der Waals surface area contributed by atoms with Crippen LogP contribution in [0.15, 0.2) is 41.5 Å². The number of aliphatic hydroxyl groups excluding tert-OH is 1. The highest BCUT2D eigenvalue weighted by molar-refractivity contribution is 5.93. The van der Waals surface area contributed by atoms with Gasteiger partial charge in [0.2, 0.25) is 5.65 Å². The number of nitrogens with zero attached hydrogens (tertiary/aromatic N) is 3. The summed E-state index contributed by atoms with van der Waals surface area (Å²) in [5.41, 5.74) is 1.79. The van der Waals surface area contributed by atoms with Gasteiger partial charge in [-0.3, -0.25) is 14.0 Å². The van der Waals surface area contributed by atoms with Crippen LogP contribution in [0.3, 0.4) is 0 Å². The molecular weight excluding hydrogens is 372 g/mol. The zero-order valence-electron chi connectivity index (χ0n) is 16.5. The van der Waals surface area contributed by atoms with E-state index in [4.69, 9.17) is 9.84 Å². The Labute approximate surface area is 167 Å². The monoisotopic (exact) mass is 396 g/mol. The maximum Gasteiger partial charge on any atom is 0.294 e. The molecule has 0 saturated heterocycles. The van der Waals surface area contributed by atoms with E-state index >= 15 is 0 Å². The van der Waals surface area contributed by atoms with Gasteiger partial charge in [-0.2, -0.15) is 0 Å². The van der Waals surface area contributed by atoms with Gasteiger partial charge in [0.15, 0.2) is 0 Å². The lowest BCUT2D eigenvalue weighted by atomic mass is 10.1. The van der Waals surface area contributed by atoms with Gasteiger partial charge in [-0.1, -0.05) is 0 Å². The number of carbonyl (C=O) groups excluding carboxylic acids is 1. The summed E-state index contributed by atoms with van der Waals surface area (Å²) in [7, 11) is 1.61. The standard InChI is InChI=1S/C21H24N4O4/c1-13(12-26)22-20(27)17-10-24-11-18(15-5-7-16(29-2)8-6-15)25(9-14-3-4-14)21(28)19(24)23-17/h5-8,10-11,13-14,26H,3-4,9,12H2,1-2H3,(H,22,27)/t13-/m0/s1. The van der Waals surface area contributed by atoms with E-state index in [0.717, 1.165) is 29.8 Å². The molecule has 1 aliphatic carbocycles. The highest BCUT2D eigenvalue weighted by Crippen LogP contribution is 2.32. The van der Waals surface area contributed by atoms with Crippen molar-refractivity contribution in [1.82, 2.24) is 19.3 Å². The van der Waals surface area contributed by atoms with Gasteiger partial charge in [0.05, 0.1) is 19.4 Å². The number of rotatable bonds is 7. The summed E-state index contributed by atoms with van der Waals surface area (Å²) in [6.07, 6.45) is 5.60. The summed E-state index contributed by atoms with van der Waals surface area (Å²) in [6.45, 7) is 2.15. The number of carbonyl (C=O) groups is 1. The van der Waals surface area contributed by atoms with Gasteiger partial charge >= 0.3 is 0 Å². The van der Waals surface area contributed by atoms with Gasteiger partial charge in [0, 0.05) is 30.5 Å². The third-order valence-corrected chi connectivity index (χ3v) is 5.13. The van der Waals surface area contributed by atoms with Crippen LogP contribution in [0.5, 0.6) is 5.75 Å². The van der Waals surface area contributed by atoms with Crippen molar-refractivity contribution in [2.24, 2.45) is 5.92 Å². The molecule has 1 amide bonds. The van der Waals surface area contributed by atoms with Crippen molar-refractivity contribution in [2.75, 3.05) is 13.7 Å². The summed E-state index contributed by atoms with van der Waals surface area (Å²) < 4.78 is 8.58. The number of nitrogens with one attached hydrogen (secondary N) is 1. The summed E-state index contributed by atoms with van der Waals surface area (Å²) in [6, 6.07) is 7.14. The number of amides is 1. The third kappa shape index (κ3) is 3.88. The Kier molecular flexibility index (Phi) is 5.10. The molecule has 152 valence electrons. The van der Waals surface area contributed by atoms with Gasteiger partial charge in [-0.05, 0) is 49.9 Å². The average molecular weight is 396 g/mol. The molecule has 4 rings (SSSR count). The molecule has 2 aromatic heterocycles. The quantitative estimate of drug-likeness (QED) is 0.633. The topological polar surface area (TPSA) is 97.9 Å². The Hall–Kier alpha value is -3.13. The fourth-order valence-corrected chi connectivity index (χ4v) is 3.27. The van der Waals surface area contributed by atoms with Crippen molar-refractivity contribution in [3.63, 3.8) is 0 Å². The van der Waals surface area contributed by atoms with Gasteiger partial charge in [-0.25, -0.2) is 4.98 Å². The number of imidazole rings is 1. The number of aromatic nitrogens is 3. The van der Waals surface area contributed by atoms with Crippen LogP contribution in [0.4, 0.5) is 0 Å². The molecule has 0 aliphatic heterocycles. The number of ether oxygens (including phenoxy) is 1. The van der Waals surface area contributed by atoms with Gasteiger partial charge in [-0.15, -0.1) is 0 Å². The van der Waals surface area contributed by atoms with Crippen LogP contribution in [0.2, 0.25) is 0 Å². The molecule has 1 atom stereocenters. The van der Waals surface area contributed by atoms with Gasteiger partial charge < -0.3 is 19.7 Å². The molecule has 1 saturated carbocycles. The maximum atomic E-state index is 13.2. The van der Waals surface area contributed by atoms with Gasteiger partial charge in [0.25, 0.3) is 11.5 Å². The molecule has 1 aliphatic rings. The lowest BCUT2D eigenvalue weighted by Crippen LogP contribution is -2.35. The van der Waals surface area contributed by atoms with Crippen molar-refractivity contribution >= 4 is 11.6 Å². The molecule has 8 heteroatoms. The SMILES string of the molecule is COc1ccc(-c2cn3cc(C(=O)N[C@@H](C)CO)nc3c(=O)n2CC2CC2)cc1. The predicted octanol–water partition coefficient (Wildman–Crippen LogP) is 1.69. The van der Waals surface area contributed by atoms with E-state index in [9.17, 15) is 9.59 Å². The van der Waals surface area contributed by atoms with Crippen molar-refractivity contribution < 1.29 is 14.6 Å². The molecule has 0 bridgehead atoms. The van der Waals surface area contributed by atoms with Crippen molar-refractivity contribution in [3.05, 3.63) is 52.7 Å². The molecule has 1 aromatic carbocycles. The number of aliphatic hydroxyl groups is 1. The number of fused-ring (bicyclic) bond motifs is 1. The van der Waals surface area contributed by atoms with E-state index in [1.54, 1.807) is 29.2 Å². The van der Waals surface area contributed by atoms with Crippen LogP contribution in [0.1, 0.15) is 30.3 Å². The number of hydrogen-bond acceptors (Lipinski definition) is 5. The summed E-state index contributed by atoms with van der Waals surface area (Å²) in [4.78, 5) is 29.8. The van der Waals surface area contributed by atoms with E-state index in [1.807, 2.05) is 30.5 Å². The second-order valence-corrected chi connectivity index (χ2v) is 7.52. The normalized spacial score (nSPS) is 14.7. The molecule has 0 unspecified atom stereocenters. The molecule has 0 spiro atoms. The molecule has 0 radical (unpaired) electrons. The first kappa shape index (κ1) is 19.2. The molecule has 8 nitrogen and oxygen atoms in total. The zero-order chi connectivity index (χ0) is 20.5. The molecule has 3 aromatic rings. The molecule has 1 fully saturated rings. The van der Waals surface area contributed by atoms with Crippen LogP contribution >= 0.6 is 0 Å². The van der Waals surface area contributed by atoms with Crippen LogP contribution in [0.25, 0.3) is 16.9 Å². The van der Waals surface area contributed by atoms with E-state index in [0.29, 0.717) is 12.5 Å². The first-order valence-corrected chi connectivity index (χ1v) is 9.69. The number of hydrogen-bond donors (Lipinski definition) is 2. The lowest BCUT2D eigenvalue weighted by molar-refractivity contribution is 0.0918. The van der Waals surface area contributed by atoms with Crippen LogP contribution in [-0.2, 0) is 6.54 Å². The highest BCUT2D eigenvalue weighted by Gasteiger charge is 2.25. The Morgan fingerprint density at radius 3 is 2.66 bits per heavy atom. The van der Waals surface area contributed by atoms with Crippen LogP contribution < -0.4 is 15.6 Å². The minimum absolute atomic E-state index is 0.146. The first-order chi connectivity index (χ1) is 14.0. The fourth-order valence-electron chi connectivity index (χ4n) is 3.27. The predicted molar refractivity (Wildman–Crippen MR) is 108 cm³/mol. The fraction of sp³-hybridized carbons (Fsp3) is 0.381. The van der Waals surface area contributed by atoms with Crippen LogP contribution in [0, 0.1) is 5.92 Å².